The maximum Gasteiger partial charge on any atom is 0.307 e. The average Bonchev–Trinajstić information content (AvgIpc) is 2.90. The van der Waals surface area contributed by atoms with Gasteiger partial charge in [0.1, 0.15) is 0 Å². The molecule has 1 aliphatic rings. The van der Waals surface area contributed by atoms with Gasteiger partial charge in [-0.05, 0) is 6.42 Å². The van der Waals surface area contributed by atoms with Crippen molar-refractivity contribution in [2.45, 2.75) is 12.8 Å². The van der Waals surface area contributed by atoms with E-state index in [0.29, 0.717) is 25.2 Å². The second-order valence-electron chi connectivity index (χ2n) is 3.68. The first-order chi connectivity index (χ1) is 7.68. The zero-order valence-electron chi connectivity index (χ0n) is 8.42. The summed E-state index contributed by atoms with van der Waals surface area (Å²) in [6.45, 7) is 0.390. The molecule has 1 amide bonds. The van der Waals surface area contributed by atoms with E-state index < -0.39 is 11.9 Å². The van der Waals surface area contributed by atoms with E-state index in [4.69, 9.17) is 5.11 Å². The highest BCUT2D eigenvalue weighted by molar-refractivity contribution is 5.89. The van der Waals surface area contributed by atoms with Crippen LogP contribution in [-0.4, -0.2) is 33.7 Å². The zero-order valence-corrected chi connectivity index (χ0v) is 8.42. The number of amides is 1. The fraction of sp³-hybridized carbons (Fsp3) is 0.556. The van der Waals surface area contributed by atoms with Gasteiger partial charge in [0.25, 0.3) is 0 Å². The smallest absolute Gasteiger partial charge is 0.307 e. The molecule has 1 saturated carbocycles. The fourth-order valence-corrected chi connectivity index (χ4v) is 1.49. The highest BCUT2D eigenvalue weighted by atomic mass is 16.5. The van der Waals surface area contributed by atoms with E-state index in [1.165, 1.54) is 6.39 Å². The molecule has 0 radical (unpaired) electrons. The van der Waals surface area contributed by atoms with Gasteiger partial charge in [0.15, 0.2) is 5.82 Å². The van der Waals surface area contributed by atoms with Crippen molar-refractivity contribution in [3.8, 4) is 0 Å². The number of hydrogen-bond acceptors (Lipinski definition) is 5. The summed E-state index contributed by atoms with van der Waals surface area (Å²) in [5, 5.41) is 14.9. The molecular formula is C9H11N3O4. The van der Waals surface area contributed by atoms with E-state index >= 15 is 0 Å². The quantitative estimate of drug-likeness (QED) is 0.696. The number of aliphatic carboxylic acids is 1. The largest absolute Gasteiger partial charge is 0.481 e. The van der Waals surface area contributed by atoms with Crippen LogP contribution in [0.3, 0.4) is 0 Å². The van der Waals surface area contributed by atoms with Crippen LogP contribution in [0.5, 0.6) is 0 Å². The molecule has 86 valence electrons. The van der Waals surface area contributed by atoms with Gasteiger partial charge in [0, 0.05) is 13.0 Å². The first-order valence-corrected chi connectivity index (χ1v) is 4.94. The van der Waals surface area contributed by atoms with Crippen LogP contribution in [0.15, 0.2) is 10.9 Å². The van der Waals surface area contributed by atoms with Crippen molar-refractivity contribution in [3.05, 3.63) is 12.2 Å². The molecule has 1 heterocycles. The Labute approximate surface area is 90.8 Å². The Kier molecular flexibility index (Phi) is 2.84. The number of carbonyl (C=O) groups is 2. The number of nitrogens with one attached hydrogen (secondary N) is 1. The standard InChI is InChI=1S/C9H11N3O4/c13-8(5-3-6(5)9(14)15)10-2-1-7-11-4-16-12-7/h4-6H,1-3H2,(H,10,13)(H,14,15). The van der Waals surface area contributed by atoms with Crippen LogP contribution in [-0.2, 0) is 16.0 Å². The molecule has 0 aliphatic heterocycles. The maximum absolute atomic E-state index is 11.4. The van der Waals surface area contributed by atoms with Crippen LogP contribution in [0.25, 0.3) is 0 Å². The summed E-state index contributed by atoms with van der Waals surface area (Å²) >= 11 is 0. The van der Waals surface area contributed by atoms with Crippen molar-refractivity contribution >= 4 is 11.9 Å². The Hall–Kier alpha value is -1.92. The molecule has 1 fully saturated rings. The van der Waals surface area contributed by atoms with Crippen LogP contribution in [0, 0.1) is 11.8 Å². The van der Waals surface area contributed by atoms with E-state index in [1.54, 1.807) is 0 Å². The van der Waals surface area contributed by atoms with Crippen molar-refractivity contribution < 1.29 is 19.2 Å². The Morgan fingerprint density at radius 2 is 2.38 bits per heavy atom. The Morgan fingerprint density at radius 3 is 2.94 bits per heavy atom. The zero-order chi connectivity index (χ0) is 11.5. The molecule has 1 aromatic rings. The first kappa shape index (κ1) is 10.6. The summed E-state index contributed by atoms with van der Waals surface area (Å²) in [6, 6.07) is 0. The molecule has 0 aromatic carbocycles. The molecule has 0 bridgehead atoms. The molecule has 2 rings (SSSR count). The van der Waals surface area contributed by atoms with Crippen molar-refractivity contribution in [2.75, 3.05) is 6.54 Å². The van der Waals surface area contributed by atoms with Gasteiger partial charge in [-0.1, -0.05) is 5.16 Å². The molecule has 2 N–H and O–H groups in total. The Bertz CT molecular complexity index is 389. The highest BCUT2D eigenvalue weighted by Crippen LogP contribution is 2.38. The monoisotopic (exact) mass is 225 g/mol. The lowest BCUT2D eigenvalue weighted by Crippen LogP contribution is -2.28. The Balaban J connectivity index is 1.68. The number of hydrogen-bond donors (Lipinski definition) is 2. The van der Waals surface area contributed by atoms with Crippen molar-refractivity contribution in [2.24, 2.45) is 11.8 Å². The Morgan fingerprint density at radius 1 is 1.56 bits per heavy atom. The molecule has 16 heavy (non-hydrogen) atoms. The van der Waals surface area contributed by atoms with Crippen LogP contribution in [0.2, 0.25) is 0 Å². The summed E-state index contributed by atoms with van der Waals surface area (Å²) in [5.41, 5.74) is 0. The minimum atomic E-state index is -0.904. The van der Waals surface area contributed by atoms with Gasteiger partial charge < -0.3 is 14.9 Å². The number of carboxylic acid groups (broad SMARTS) is 1. The summed E-state index contributed by atoms with van der Waals surface area (Å²) in [4.78, 5) is 25.7. The van der Waals surface area contributed by atoms with Crippen molar-refractivity contribution in [1.29, 1.82) is 0 Å². The third-order valence-electron chi connectivity index (χ3n) is 2.50. The summed E-state index contributed by atoms with van der Waals surface area (Å²) in [5.74, 6) is -1.48. The van der Waals surface area contributed by atoms with Crippen molar-refractivity contribution in [1.82, 2.24) is 15.5 Å². The molecule has 0 spiro atoms. The molecule has 0 saturated heterocycles. The maximum atomic E-state index is 11.4. The predicted octanol–water partition coefficient (Wildman–Crippen LogP) is -0.551. The van der Waals surface area contributed by atoms with Gasteiger partial charge >= 0.3 is 5.97 Å². The number of carbonyl (C=O) groups excluding carboxylic acids is 1. The summed E-state index contributed by atoms with van der Waals surface area (Å²) in [7, 11) is 0. The predicted molar refractivity (Wildman–Crippen MR) is 50.2 cm³/mol. The molecule has 7 nitrogen and oxygen atoms in total. The topological polar surface area (TPSA) is 105 Å². The first-order valence-electron chi connectivity index (χ1n) is 4.94. The lowest BCUT2D eigenvalue weighted by Gasteiger charge is -2.01. The van der Waals surface area contributed by atoms with Crippen LogP contribution in [0.4, 0.5) is 0 Å². The minimum Gasteiger partial charge on any atom is -0.481 e. The van der Waals surface area contributed by atoms with Gasteiger partial charge in [-0.25, -0.2) is 0 Å². The van der Waals surface area contributed by atoms with E-state index in [0.717, 1.165) is 0 Å². The third-order valence-corrected chi connectivity index (χ3v) is 2.50. The van der Waals surface area contributed by atoms with E-state index in [1.807, 2.05) is 0 Å². The summed E-state index contributed by atoms with van der Waals surface area (Å²) < 4.78 is 4.53. The number of rotatable bonds is 5. The van der Waals surface area contributed by atoms with Gasteiger partial charge in [-0.2, -0.15) is 4.98 Å². The highest BCUT2D eigenvalue weighted by Gasteiger charge is 2.48. The van der Waals surface area contributed by atoms with Gasteiger partial charge in [0.05, 0.1) is 11.8 Å². The van der Waals surface area contributed by atoms with E-state index in [-0.39, 0.29) is 11.8 Å². The normalized spacial score (nSPS) is 22.8. The van der Waals surface area contributed by atoms with Crippen molar-refractivity contribution in [3.63, 3.8) is 0 Å². The van der Waals surface area contributed by atoms with Crippen LogP contribution in [0.1, 0.15) is 12.2 Å². The third kappa shape index (κ3) is 2.36. The molecule has 7 heteroatoms. The molecular weight excluding hydrogens is 214 g/mol. The number of aromatic nitrogens is 2. The average molecular weight is 225 g/mol. The van der Waals surface area contributed by atoms with Gasteiger partial charge in [-0.3, -0.25) is 9.59 Å². The molecule has 2 unspecified atom stereocenters. The lowest BCUT2D eigenvalue weighted by molar-refractivity contribution is -0.140. The van der Waals surface area contributed by atoms with Gasteiger partial charge in [0.2, 0.25) is 12.3 Å². The van der Waals surface area contributed by atoms with Gasteiger partial charge in [-0.15, -0.1) is 0 Å². The van der Waals surface area contributed by atoms with Crippen LogP contribution >= 0.6 is 0 Å². The van der Waals surface area contributed by atoms with E-state index in [9.17, 15) is 9.59 Å². The second-order valence-corrected chi connectivity index (χ2v) is 3.68. The summed E-state index contributed by atoms with van der Waals surface area (Å²) in [6.07, 6.45) is 2.13. The van der Waals surface area contributed by atoms with Crippen LogP contribution < -0.4 is 5.32 Å². The molecule has 1 aromatic heterocycles. The molecule has 2 atom stereocenters. The molecule has 1 aliphatic carbocycles. The van der Waals surface area contributed by atoms with E-state index in [2.05, 4.69) is 20.0 Å². The number of carboxylic acids is 1. The lowest BCUT2D eigenvalue weighted by atomic mass is 10.3. The minimum absolute atomic E-state index is 0.212. The number of nitrogens with zero attached hydrogens (tertiary/aromatic N) is 2. The fourth-order valence-electron chi connectivity index (χ4n) is 1.49. The second kappa shape index (κ2) is 4.30. The SMILES string of the molecule is O=C(O)C1CC1C(=O)NCCc1ncon1.